The molecule has 8 nitrogen and oxygen atoms in total. The van der Waals surface area contributed by atoms with E-state index in [0.29, 0.717) is 38.5 Å². The highest BCUT2D eigenvalue weighted by Crippen LogP contribution is 2.27. The van der Waals surface area contributed by atoms with Gasteiger partial charge in [-0.3, -0.25) is 9.59 Å². The largest absolute Gasteiger partial charge is 0.354 e. The Morgan fingerprint density at radius 3 is 2.52 bits per heavy atom. The predicted molar refractivity (Wildman–Crippen MR) is 94.0 cm³/mol. The average molecular weight is 346 g/mol. The number of amides is 2. The van der Waals surface area contributed by atoms with Crippen LogP contribution in [0.15, 0.2) is 18.5 Å². The van der Waals surface area contributed by atoms with Gasteiger partial charge in [-0.05, 0) is 31.4 Å². The van der Waals surface area contributed by atoms with Crippen LogP contribution in [0.25, 0.3) is 0 Å². The van der Waals surface area contributed by atoms with E-state index in [2.05, 4.69) is 25.5 Å². The maximum absolute atomic E-state index is 12.2. The van der Waals surface area contributed by atoms with E-state index in [1.165, 1.54) is 12.8 Å². The van der Waals surface area contributed by atoms with E-state index in [4.69, 9.17) is 0 Å². The van der Waals surface area contributed by atoms with Gasteiger partial charge in [-0.25, -0.2) is 9.97 Å². The highest BCUT2D eigenvalue weighted by atomic mass is 16.2. The van der Waals surface area contributed by atoms with E-state index < -0.39 is 0 Å². The van der Waals surface area contributed by atoms with E-state index in [1.807, 2.05) is 4.90 Å². The second-order valence-electron chi connectivity index (χ2n) is 6.59. The molecule has 2 amide bonds. The Labute approximate surface area is 148 Å². The van der Waals surface area contributed by atoms with Crippen LogP contribution in [0.3, 0.4) is 0 Å². The van der Waals surface area contributed by atoms with Crippen molar-refractivity contribution in [2.45, 2.75) is 19.3 Å². The lowest BCUT2D eigenvalue weighted by Gasteiger charge is -2.34. The third kappa shape index (κ3) is 5.67. The second-order valence-corrected chi connectivity index (χ2v) is 6.59. The van der Waals surface area contributed by atoms with Crippen molar-refractivity contribution in [1.29, 1.82) is 0 Å². The van der Waals surface area contributed by atoms with Crippen molar-refractivity contribution >= 4 is 17.8 Å². The van der Waals surface area contributed by atoms with Crippen LogP contribution in [-0.4, -0.2) is 72.5 Å². The summed E-state index contributed by atoms with van der Waals surface area (Å²) in [4.78, 5) is 36.3. The van der Waals surface area contributed by atoms with Crippen molar-refractivity contribution in [1.82, 2.24) is 25.5 Å². The number of hydrogen-bond donors (Lipinski definition) is 2. The average Bonchev–Trinajstić information content (AvgIpc) is 3.47. The van der Waals surface area contributed by atoms with Gasteiger partial charge in [-0.1, -0.05) is 0 Å². The highest BCUT2D eigenvalue weighted by Gasteiger charge is 2.22. The molecule has 0 atom stereocenters. The van der Waals surface area contributed by atoms with Crippen molar-refractivity contribution in [2.24, 2.45) is 5.92 Å². The molecule has 1 aliphatic heterocycles. The molecule has 1 aliphatic carbocycles. The normalized spacial score (nSPS) is 17.4. The molecule has 1 saturated carbocycles. The van der Waals surface area contributed by atoms with E-state index >= 15 is 0 Å². The maximum atomic E-state index is 12.2. The fraction of sp³-hybridized carbons (Fsp3) is 0.647. The molecule has 2 heterocycles. The topological polar surface area (TPSA) is 90.5 Å². The van der Waals surface area contributed by atoms with Crippen molar-refractivity contribution in [2.75, 3.05) is 50.7 Å². The maximum Gasteiger partial charge on any atom is 0.233 e. The Bertz CT molecular complexity index is 570. The number of piperazine rings is 1. The van der Waals surface area contributed by atoms with Gasteiger partial charge in [0.2, 0.25) is 17.8 Å². The summed E-state index contributed by atoms with van der Waals surface area (Å²) in [7, 11) is 0. The summed E-state index contributed by atoms with van der Waals surface area (Å²) in [6.07, 6.45) is 6.33. The number of anilines is 1. The number of nitrogens with zero attached hydrogens (tertiary/aromatic N) is 4. The van der Waals surface area contributed by atoms with Crippen molar-refractivity contribution < 1.29 is 9.59 Å². The summed E-state index contributed by atoms with van der Waals surface area (Å²) in [5.41, 5.74) is 0. The minimum Gasteiger partial charge on any atom is -0.354 e. The first-order valence-corrected chi connectivity index (χ1v) is 8.99. The van der Waals surface area contributed by atoms with Gasteiger partial charge in [-0.2, -0.15) is 0 Å². The molecule has 2 fully saturated rings. The second kappa shape index (κ2) is 8.75. The third-order valence-corrected chi connectivity index (χ3v) is 4.54. The molecule has 136 valence electrons. The zero-order valence-electron chi connectivity index (χ0n) is 14.5. The molecule has 0 radical (unpaired) electrons. The zero-order chi connectivity index (χ0) is 17.5. The lowest BCUT2D eigenvalue weighted by molar-refractivity contribution is -0.131. The fourth-order valence-corrected chi connectivity index (χ4v) is 2.85. The Balaban J connectivity index is 1.29. The smallest absolute Gasteiger partial charge is 0.233 e. The number of carbonyl (C=O) groups is 2. The Morgan fingerprint density at radius 1 is 1.12 bits per heavy atom. The van der Waals surface area contributed by atoms with Crippen molar-refractivity contribution in [3.63, 3.8) is 0 Å². The summed E-state index contributed by atoms with van der Waals surface area (Å²) < 4.78 is 0. The summed E-state index contributed by atoms with van der Waals surface area (Å²) in [5.74, 6) is 1.51. The molecule has 8 heteroatoms. The quantitative estimate of drug-likeness (QED) is 0.668. The molecule has 2 aliphatic rings. The molecular formula is C17H26N6O2. The van der Waals surface area contributed by atoms with Gasteiger partial charge in [0.05, 0.1) is 6.54 Å². The Kier molecular flexibility index (Phi) is 6.16. The summed E-state index contributed by atoms with van der Waals surface area (Å²) in [5, 5.41) is 5.95. The fourth-order valence-electron chi connectivity index (χ4n) is 2.85. The van der Waals surface area contributed by atoms with Gasteiger partial charge in [-0.15, -0.1) is 0 Å². The van der Waals surface area contributed by atoms with Crippen LogP contribution in [0.5, 0.6) is 0 Å². The molecule has 2 N–H and O–H groups in total. The van der Waals surface area contributed by atoms with Crippen LogP contribution in [0, 0.1) is 5.92 Å². The number of carbonyl (C=O) groups excluding carboxylic acids is 2. The molecular weight excluding hydrogens is 320 g/mol. The lowest BCUT2D eigenvalue weighted by atomic mass is 10.3. The zero-order valence-corrected chi connectivity index (χ0v) is 14.5. The SMILES string of the molecule is O=C(CNCC1CC1)NCCC(=O)N1CCN(c2ncccn2)CC1. The van der Waals surface area contributed by atoms with Crippen LogP contribution < -0.4 is 15.5 Å². The van der Waals surface area contributed by atoms with E-state index in [-0.39, 0.29) is 11.8 Å². The number of hydrogen-bond acceptors (Lipinski definition) is 6. The van der Waals surface area contributed by atoms with Crippen LogP contribution >= 0.6 is 0 Å². The van der Waals surface area contributed by atoms with Crippen molar-refractivity contribution in [3.8, 4) is 0 Å². The summed E-state index contributed by atoms with van der Waals surface area (Å²) in [6.45, 7) is 4.43. The molecule has 0 bridgehead atoms. The Morgan fingerprint density at radius 2 is 1.84 bits per heavy atom. The summed E-state index contributed by atoms with van der Waals surface area (Å²) >= 11 is 0. The van der Waals surface area contributed by atoms with E-state index in [9.17, 15) is 9.59 Å². The minimum atomic E-state index is -0.0421. The minimum absolute atomic E-state index is 0.0421. The first-order valence-electron chi connectivity index (χ1n) is 8.99. The summed E-state index contributed by atoms with van der Waals surface area (Å²) in [6, 6.07) is 1.79. The van der Waals surface area contributed by atoms with Gasteiger partial charge >= 0.3 is 0 Å². The molecule has 1 aromatic rings. The van der Waals surface area contributed by atoms with Crippen LogP contribution in [0.4, 0.5) is 5.95 Å². The first kappa shape index (κ1) is 17.6. The monoisotopic (exact) mass is 346 g/mol. The van der Waals surface area contributed by atoms with Gasteiger partial charge < -0.3 is 20.4 Å². The standard InChI is InChI=1S/C17H26N6O2/c24-15(13-18-12-14-2-3-14)19-7-4-16(25)22-8-10-23(11-9-22)17-20-5-1-6-21-17/h1,5-6,14,18H,2-4,7-13H2,(H,19,24). The molecule has 1 aromatic heterocycles. The number of nitrogens with one attached hydrogen (secondary N) is 2. The van der Waals surface area contributed by atoms with Crippen LogP contribution in [-0.2, 0) is 9.59 Å². The van der Waals surface area contributed by atoms with Crippen LogP contribution in [0.1, 0.15) is 19.3 Å². The van der Waals surface area contributed by atoms with Gasteiger partial charge in [0.1, 0.15) is 0 Å². The molecule has 3 rings (SSSR count). The number of rotatable bonds is 8. The Hall–Kier alpha value is -2.22. The van der Waals surface area contributed by atoms with Gasteiger partial charge in [0.15, 0.2) is 0 Å². The molecule has 25 heavy (non-hydrogen) atoms. The van der Waals surface area contributed by atoms with E-state index in [0.717, 1.165) is 25.6 Å². The van der Waals surface area contributed by atoms with Gasteiger partial charge in [0, 0.05) is 51.5 Å². The van der Waals surface area contributed by atoms with Crippen molar-refractivity contribution in [3.05, 3.63) is 18.5 Å². The van der Waals surface area contributed by atoms with Gasteiger partial charge in [0.25, 0.3) is 0 Å². The van der Waals surface area contributed by atoms with Crippen LogP contribution in [0.2, 0.25) is 0 Å². The molecule has 0 aromatic carbocycles. The molecule has 0 unspecified atom stereocenters. The molecule has 1 saturated heterocycles. The highest BCUT2D eigenvalue weighted by molar-refractivity contribution is 5.80. The van der Waals surface area contributed by atoms with E-state index in [1.54, 1.807) is 18.5 Å². The molecule has 0 spiro atoms. The third-order valence-electron chi connectivity index (χ3n) is 4.54. The lowest BCUT2D eigenvalue weighted by Crippen LogP contribution is -2.49. The predicted octanol–water partition coefficient (Wildman–Crippen LogP) is -0.369. The first-order chi connectivity index (χ1) is 12.2. The number of aromatic nitrogens is 2.